The number of nitrogens with one attached hydrogen (secondary N) is 2. The maximum atomic E-state index is 14.8. The van der Waals surface area contributed by atoms with Gasteiger partial charge in [-0.1, -0.05) is 100 Å². The first-order chi connectivity index (χ1) is 38.8. The average molecular weight is 1120 g/mol. The lowest BCUT2D eigenvalue weighted by atomic mass is 9.87. The molecule has 0 unspecified atom stereocenters. The third kappa shape index (κ3) is 21.4. The van der Waals surface area contributed by atoms with Crippen LogP contribution in [0.25, 0.3) is 0 Å². The van der Waals surface area contributed by atoms with E-state index in [1.165, 1.54) is 0 Å². The van der Waals surface area contributed by atoms with Gasteiger partial charge in [0.1, 0.15) is 31.9 Å². The van der Waals surface area contributed by atoms with Crippen LogP contribution in [0, 0.1) is 42.9 Å². The summed E-state index contributed by atoms with van der Waals surface area (Å²) >= 11 is 0. The zero-order valence-corrected chi connectivity index (χ0v) is 49.5. The fourth-order valence-electron chi connectivity index (χ4n) is 10.8. The van der Waals surface area contributed by atoms with Crippen LogP contribution < -0.4 is 15.4 Å². The molecule has 6 rings (SSSR count). The Kier molecular flexibility index (Phi) is 25.4. The van der Waals surface area contributed by atoms with Gasteiger partial charge < -0.3 is 38.8 Å². The van der Waals surface area contributed by atoms with E-state index in [-0.39, 0.29) is 79.2 Å². The lowest BCUT2D eigenvalue weighted by Crippen LogP contribution is -2.57. The molecular formula is C64H91N6O11+. The standard InChI is InChI=1S/C64H90N6O11/c1-45(2)35-56(58(72)41-53(39-50-17-13-10-14-18-50)63(76)66-57(36-46(3)4)61(74)64(7)23-24-64)65-62(75)52(20-19-49-15-11-9-12-16-49)40-55(71)44-70(26-29-79-30-27-70)43-51-37-47(5)60(48(6)38-51)81-59(73)22-21-54-42-69(68-67-54)25-28-78-33-34-80-32-31-77-8/h9-18,37-38,42,45-46,52-53,56-57H,19-36,39-41,43-44H2,1-8H3,(H-,65,66,75,76)/p+1/t52-,53-,56+,57+/m1/s1. The van der Waals surface area contributed by atoms with E-state index in [0.29, 0.717) is 120 Å². The molecule has 442 valence electrons. The Balaban J connectivity index is 1.11. The van der Waals surface area contributed by atoms with Crippen LogP contribution in [0.15, 0.2) is 79.0 Å². The molecule has 4 aromatic rings. The highest BCUT2D eigenvalue weighted by Crippen LogP contribution is 2.47. The third-order valence-electron chi connectivity index (χ3n) is 15.6. The van der Waals surface area contributed by atoms with Gasteiger partial charge in [-0.25, -0.2) is 4.68 Å². The molecule has 4 atom stereocenters. The van der Waals surface area contributed by atoms with Gasteiger partial charge in [0, 0.05) is 55.4 Å². The normalized spacial score (nSPS) is 16.1. The highest BCUT2D eigenvalue weighted by Gasteiger charge is 2.48. The number of ether oxygens (including phenoxy) is 5. The van der Waals surface area contributed by atoms with Gasteiger partial charge >= 0.3 is 5.97 Å². The van der Waals surface area contributed by atoms with E-state index in [1.807, 2.05) is 121 Å². The number of hydrogen-bond acceptors (Lipinski definition) is 13. The number of carbonyl (C=O) groups excluding carboxylic acids is 6. The highest BCUT2D eigenvalue weighted by molar-refractivity contribution is 5.97. The van der Waals surface area contributed by atoms with E-state index >= 15 is 0 Å². The van der Waals surface area contributed by atoms with E-state index in [4.69, 9.17) is 23.7 Å². The van der Waals surface area contributed by atoms with Gasteiger partial charge in [0.25, 0.3) is 0 Å². The van der Waals surface area contributed by atoms with Gasteiger partial charge in [-0.3, -0.25) is 28.8 Å². The van der Waals surface area contributed by atoms with Gasteiger partial charge in [0.05, 0.1) is 77.0 Å². The minimum Gasteiger partial charge on any atom is -0.426 e. The second kappa shape index (κ2) is 32.0. The number of hydrogen-bond donors (Lipinski definition) is 2. The predicted molar refractivity (Wildman–Crippen MR) is 309 cm³/mol. The molecule has 2 N–H and O–H groups in total. The summed E-state index contributed by atoms with van der Waals surface area (Å²) in [5.41, 5.74) is 4.75. The average Bonchev–Trinajstić information content (AvgIpc) is 4.13. The molecule has 0 radical (unpaired) electrons. The molecule has 0 spiro atoms. The van der Waals surface area contributed by atoms with E-state index < -0.39 is 29.3 Å². The summed E-state index contributed by atoms with van der Waals surface area (Å²) in [5, 5.41) is 14.6. The number of morpholine rings is 1. The fraction of sp³-hybridized carbons (Fsp3) is 0.594. The van der Waals surface area contributed by atoms with Gasteiger partial charge in [0.15, 0.2) is 17.3 Å². The minimum atomic E-state index is -0.899. The molecule has 2 fully saturated rings. The van der Waals surface area contributed by atoms with Crippen molar-refractivity contribution in [3.8, 4) is 5.75 Å². The Morgan fingerprint density at radius 1 is 0.728 bits per heavy atom. The number of carbonyl (C=O) groups is 6. The number of methoxy groups -OCH3 is 1. The molecule has 1 aliphatic heterocycles. The van der Waals surface area contributed by atoms with E-state index in [1.54, 1.807) is 18.0 Å². The first kappa shape index (κ1) is 64.2. The molecule has 0 bridgehead atoms. The number of aryl methyl sites for hydroxylation is 4. The van der Waals surface area contributed by atoms with Crippen molar-refractivity contribution in [2.24, 2.45) is 29.1 Å². The summed E-state index contributed by atoms with van der Waals surface area (Å²) in [7, 11) is 1.63. The summed E-state index contributed by atoms with van der Waals surface area (Å²) in [6.45, 7) is 19.7. The van der Waals surface area contributed by atoms with Crippen molar-refractivity contribution in [1.82, 2.24) is 25.6 Å². The monoisotopic (exact) mass is 1120 g/mol. The van der Waals surface area contributed by atoms with Crippen molar-refractivity contribution in [2.45, 2.75) is 144 Å². The molecule has 1 aromatic heterocycles. The van der Waals surface area contributed by atoms with Crippen LogP contribution in [0.1, 0.15) is 119 Å². The number of benzene rings is 3. The number of nitrogens with zero attached hydrogens (tertiary/aromatic N) is 4. The maximum absolute atomic E-state index is 14.8. The Morgan fingerprint density at radius 3 is 1.95 bits per heavy atom. The smallest absolute Gasteiger partial charge is 0.311 e. The van der Waals surface area contributed by atoms with Gasteiger partial charge in [-0.05, 0) is 105 Å². The number of aromatic nitrogens is 3. The highest BCUT2D eigenvalue weighted by atomic mass is 16.5. The van der Waals surface area contributed by atoms with Crippen LogP contribution in [0.5, 0.6) is 5.75 Å². The Labute approximate surface area is 480 Å². The lowest BCUT2D eigenvalue weighted by Gasteiger charge is -2.41. The van der Waals surface area contributed by atoms with Gasteiger partial charge in [-0.2, -0.15) is 0 Å². The summed E-state index contributed by atoms with van der Waals surface area (Å²) in [6.07, 6.45) is 5.80. The number of Topliss-reactive ketones (excluding diaryl/α,β-unsaturated/α-hetero) is 3. The van der Waals surface area contributed by atoms with Crippen LogP contribution in [0.2, 0.25) is 0 Å². The number of esters is 1. The lowest BCUT2D eigenvalue weighted by molar-refractivity contribution is -0.940. The van der Waals surface area contributed by atoms with Crippen molar-refractivity contribution in [3.05, 3.63) is 113 Å². The summed E-state index contributed by atoms with van der Waals surface area (Å²) < 4.78 is 29.9. The molecule has 1 saturated heterocycles. The zero-order chi connectivity index (χ0) is 58.4. The fourth-order valence-corrected chi connectivity index (χ4v) is 10.8. The quantitative estimate of drug-likeness (QED) is 0.0191. The Hall–Kier alpha value is -5.98. The molecule has 1 saturated carbocycles. The topological polar surface area (TPSA) is 203 Å². The van der Waals surface area contributed by atoms with E-state index in [2.05, 4.69) is 20.9 Å². The van der Waals surface area contributed by atoms with Crippen LogP contribution in [0.4, 0.5) is 0 Å². The number of ketones is 3. The molecule has 17 nitrogen and oxygen atoms in total. The van der Waals surface area contributed by atoms with Crippen molar-refractivity contribution >= 4 is 35.1 Å². The van der Waals surface area contributed by atoms with E-state index in [0.717, 1.165) is 40.7 Å². The third-order valence-corrected chi connectivity index (χ3v) is 15.6. The Bertz CT molecular complexity index is 2620. The summed E-state index contributed by atoms with van der Waals surface area (Å²) in [4.78, 5) is 85.4. The predicted octanol–water partition coefficient (Wildman–Crippen LogP) is 7.92. The number of amides is 2. The van der Waals surface area contributed by atoms with Crippen molar-refractivity contribution in [2.75, 3.05) is 73.0 Å². The maximum Gasteiger partial charge on any atom is 0.311 e. The van der Waals surface area contributed by atoms with Crippen LogP contribution in [0.3, 0.4) is 0 Å². The molecule has 17 heteroatoms. The van der Waals surface area contributed by atoms with E-state index in [9.17, 15) is 28.8 Å². The van der Waals surface area contributed by atoms with Crippen LogP contribution in [-0.2, 0) is 80.1 Å². The SMILES string of the molecule is COCCOCCOCCn1cc(CCC(=O)Oc2c(C)cc(C[N+]3(CC(=O)C[C@@H](CCc4ccccc4)C(=O)N[C@@H](CC(C)C)C(=O)C[C@@H](Cc4ccccc4)C(=O)N[C@@H](CC(C)C)C(=O)C4(C)CC4)CCOCC3)cc2C)nn1. The molecule has 2 aliphatic rings. The first-order valence-corrected chi connectivity index (χ1v) is 29.4. The summed E-state index contributed by atoms with van der Waals surface area (Å²) in [6, 6.07) is 21.9. The van der Waals surface area contributed by atoms with Crippen LogP contribution in [-0.4, -0.2) is 140 Å². The minimum absolute atomic E-state index is 0.0190. The molecule has 2 amide bonds. The molecular weight excluding hydrogens is 1030 g/mol. The second-order valence-electron chi connectivity index (χ2n) is 23.8. The largest absolute Gasteiger partial charge is 0.426 e. The van der Waals surface area contributed by atoms with Crippen LogP contribution >= 0.6 is 0 Å². The first-order valence-electron chi connectivity index (χ1n) is 29.4. The van der Waals surface area contributed by atoms with Crippen molar-refractivity contribution in [1.29, 1.82) is 0 Å². The second-order valence-corrected chi connectivity index (χ2v) is 23.8. The van der Waals surface area contributed by atoms with Gasteiger partial charge in [-0.15, -0.1) is 5.10 Å². The number of rotatable bonds is 37. The number of quaternary nitrogens is 1. The molecule has 1 aliphatic carbocycles. The van der Waals surface area contributed by atoms with Crippen molar-refractivity contribution in [3.63, 3.8) is 0 Å². The molecule has 81 heavy (non-hydrogen) atoms. The summed E-state index contributed by atoms with van der Waals surface area (Å²) in [5.74, 6) is -2.20. The molecule has 3 aromatic carbocycles. The van der Waals surface area contributed by atoms with Gasteiger partial charge in [0.2, 0.25) is 11.8 Å². The Morgan fingerprint density at radius 2 is 1.32 bits per heavy atom. The zero-order valence-electron chi connectivity index (χ0n) is 49.5. The van der Waals surface area contributed by atoms with Crippen molar-refractivity contribution < 1.29 is 56.9 Å². The molecule has 2 heterocycles.